The largest absolute Gasteiger partial charge is 0.469 e. The maximum Gasteiger partial charge on any atom is 0.103 e. The molecular weight excluding hydrogens is 252 g/mol. The highest BCUT2D eigenvalue weighted by atomic mass is 16.3. The van der Waals surface area contributed by atoms with Crippen molar-refractivity contribution in [1.29, 1.82) is 0 Å². The van der Waals surface area contributed by atoms with Gasteiger partial charge in [-0.1, -0.05) is 5.21 Å². The Bertz CT molecular complexity index is 510. The summed E-state index contributed by atoms with van der Waals surface area (Å²) in [4.78, 5) is 0. The Morgan fingerprint density at radius 3 is 2.80 bits per heavy atom. The highest BCUT2D eigenvalue weighted by Crippen LogP contribution is 2.12. The fourth-order valence-corrected chi connectivity index (χ4v) is 1.90. The summed E-state index contributed by atoms with van der Waals surface area (Å²) in [5.41, 5.74) is 0.959. The molecule has 2 aromatic heterocycles. The molecule has 0 radical (unpaired) electrons. The summed E-state index contributed by atoms with van der Waals surface area (Å²) >= 11 is 0. The molecule has 0 aliphatic carbocycles. The lowest BCUT2D eigenvalue weighted by molar-refractivity contribution is 0.346. The van der Waals surface area contributed by atoms with E-state index in [1.807, 2.05) is 23.0 Å². The summed E-state index contributed by atoms with van der Waals surface area (Å²) in [6, 6.07) is 4.36. The summed E-state index contributed by atoms with van der Waals surface area (Å²) in [7, 11) is 0. The first-order valence-electron chi connectivity index (χ1n) is 7.12. The van der Waals surface area contributed by atoms with Gasteiger partial charge in [-0.15, -0.1) is 5.10 Å². The normalized spacial score (nSPS) is 13.6. The summed E-state index contributed by atoms with van der Waals surface area (Å²) < 4.78 is 7.23. The fourth-order valence-electron chi connectivity index (χ4n) is 1.90. The zero-order valence-electron chi connectivity index (χ0n) is 12.8. The maximum absolute atomic E-state index is 5.33. The van der Waals surface area contributed by atoms with E-state index in [1.165, 1.54) is 0 Å². The van der Waals surface area contributed by atoms with Gasteiger partial charge in [-0.25, -0.2) is 4.68 Å². The van der Waals surface area contributed by atoms with E-state index in [0.29, 0.717) is 6.04 Å². The van der Waals surface area contributed by atoms with Crippen LogP contribution in [0.4, 0.5) is 0 Å². The highest BCUT2D eigenvalue weighted by molar-refractivity contribution is 4.99. The molecule has 0 spiro atoms. The van der Waals surface area contributed by atoms with Crippen LogP contribution in [-0.2, 0) is 18.5 Å². The van der Waals surface area contributed by atoms with Crippen molar-refractivity contribution in [3.8, 4) is 0 Å². The van der Waals surface area contributed by atoms with Gasteiger partial charge in [0.05, 0.1) is 23.7 Å². The molecule has 0 saturated carbocycles. The molecule has 0 saturated heterocycles. The molecule has 2 rings (SSSR count). The molecule has 5 heteroatoms. The van der Waals surface area contributed by atoms with E-state index in [-0.39, 0.29) is 5.54 Å². The van der Waals surface area contributed by atoms with Gasteiger partial charge in [0, 0.05) is 19.0 Å². The lowest BCUT2D eigenvalue weighted by Crippen LogP contribution is -2.26. The average Bonchev–Trinajstić information content (AvgIpc) is 3.04. The molecule has 0 aliphatic rings. The Morgan fingerprint density at radius 1 is 1.40 bits per heavy atom. The third kappa shape index (κ3) is 4.20. The summed E-state index contributed by atoms with van der Waals surface area (Å²) in [6.45, 7) is 9.27. The SMILES string of the molecule is CC(CCc1ccco1)NCc1cn(C(C)(C)C)nn1. The van der Waals surface area contributed by atoms with E-state index in [1.54, 1.807) is 6.26 Å². The first-order chi connectivity index (χ1) is 9.45. The average molecular weight is 276 g/mol. The van der Waals surface area contributed by atoms with Crippen molar-refractivity contribution in [2.24, 2.45) is 0 Å². The van der Waals surface area contributed by atoms with Crippen LogP contribution >= 0.6 is 0 Å². The first kappa shape index (κ1) is 14.8. The maximum atomic E-state index is 5.33. The molecule has 1 atom stereocenters. The van der Waals surface area contributed by atoms with Gasteiger partial charge >= 0.3 is 0 Å². The Hall–Kier alpha value is -1.62. The van der Waals surface area contributed by atoms with Crippen LogP contribution in [-0.4, -0.2) is 21.0 Å². The first-order valence-corrected chi connectivity index (χ1v) is 7.12. The fraction of sp³-hybridized carbons (Fsp3) is 0.600. The third-order valence-corrected chi connectivity index (χ3v) is 3.26. The van der Waals surface area contributed by atoms with Crippen molar-refractivity contribution in [1.82, 2.24) is 20.3 Å². The molecule has 0 fully saturated rings. The molecule has 0 aliphatic heterocycles. The number of hydrogen-bond donors (Lipinski definition) is 1. The van der Waals surface area contributed by atoms with Crippen LogP contribution in [0.25, 0.3) is 0 Å². The van der Waals surface area contributed by atoms with Gasteiger partial charge in [0.25, 0.3) is 0 Å². The second-order valence-corrected chi connectivity index (χ2v) is 6.23. The lowest BCUT2D eigenvalue weighted by atomic mass is 10.1. The Morgan fingerprint density at radius 2 is 2.20 bits per heavy atom. The Kier molecular flexibility index (Phi) is 4.60. The minimum absolute atomic E-state index is 0.0177. The standard InChI is InChI=1S/C15H24N4O/c1-12(7-8-14-6-5-9-20-14)16-10-13-11-19(18-17-13)15(2,3)4/h5-6,9,11-12,16H,7-8,10H2,1-4H3. The molecule has 110 valence electrons. The monoisotopic (exact) mass is 276 g/mol. The third-order valence-electron chi connectivity index (χ3n) is 3.26. The van der Waals surface area contributed by atoms with Gasteiger partial charge in [0.2, 0.25) is 0 Å². The van der Waals surface area contributed by atoms with Gasteiger partial charge in [-0.3, -0.25) is 0 Å². The van der Waals surface area contributed by atoms with Crippen molar-refractivity contribution in [3.05, 3.63) is 36.0 Å². The van der Waals surface area contributed by atoms with Crippen LogP contribution in [0, 0.1) is 0 Å². The van der Waals surface area contributed by atoms with Gasteiger partial charge < -0.3 is 9.73 Å². The number of aryl methyl sites for hydroxylation is 1. The summed E-state index contributed by atoms with van der Waals surface area (Å²) in [6.07, 6.45) is 5.72. The number of furan rings is 1. The predicted octanol–water partition coefficient (Wildman–Crippen LogP) is 2.74. The van der Waals surface area contributed by atoms with Crippen LogP contribution in [0.15, 0.2) is 29.0 Å². The summed E-state index contributed by atoms with van der Waals surface area (Å²) in [5, 5.41) is 11.8. The van der Waals surface area contributed by atoms with Gasteiger partial charge in [0.1, 0.15) is 5.76 Å². The van der Waals surface area contributed by atoms with E-state index in [9.17, 15) is 0 Å². The van der Waals surface area contributed by atoms with Crippen molar-refractivity contribution >= 4 is 0 Å². The molecule has 2 aromatic rings. The zero-order chi connectivity index (χ0) is 14.6. The highest BCUT2D eigenvalue weighted by Gasteiger charge is 2.15. The number of rotatable bonds is 6. The molecule has 1 unspecified atom stereocenters. The number of nitrogens with one attached hydrogen (secondary N) is 1. The minimum atomic E-state index is -0.0177. The topological polar surface area (TPSA) is 55.9 Å². The van der Waals surface area contributed by atoms with Crippen molar-refractivity contribution in [2.75, 3.05) is 0 Å². The second-order valence-electron chi connectivity index (χ2n) is 6.23. The summed E-state index contributed by atoms with van der Waals surface area (Å²) in [5.74, 6) is 1.04. The zero-order valence-corrected chi connectivity index (χ0v) is 12.8. The molecule has 0 bridgehead atoms. The molecule has 5 nitrogen and oxygen atoms in total. The van der Waals surface area contributed by atoms with Crippen LogP contribution in [0.1, 0.15) is 45.6 Å². The van der Waals surface area contributed by atoms with Gasteiger partial charge in [-0.05, 0) is 46.2 Å². The van der Waals surface area contributed by atoms with Crippen molar-refractivity contribution in [3.63, 3.8) is 0 Å². The lowest BCUT2D eigenvalue weighted by Gasteiger charge is -2.17. The number of aromatic nitrogens is 3. The van der Waals surface area contributed by atoms with Crippen LogP contribution < -0.4 is 5.32 Å². The van der Waals surface area contributed by atoms with Crippen molar-refractivity contribution in [2.45, 2.75) is 58.7 Å². The smallest absolute Gasteiger partial charge is 0.103 e. The van der Waals surface area contributed by atoms with Crippen LogP contribution in [0.3, 0.4) is 0 Å². The number of hydrogen-bond acceptors (Lipinski definition) is 4. The minimum Gasteiger partial charge on any atom is -0.469 e. The molecule has 1 N–H and O–H groups in total. The number of nitrogens with zero attached hydrogens (tertiary/aromatic N) is 3. The predicted molar refractivity (Wildman–Crippen MR) is 78.3 cm³/mol. The van der Waals surface area contributed by atoms with Crippen LogP contribution in [0.5, 0.6) is 0 Å². The van der Waals surface area contributed by atoms with E-state index in [2.05, 4.69) is 43.3 Å². The van der Waals surface area contributed by atoms with E-state index in [4.69, 9.17) is 4.42 Å². The van der Waals surface area contributed by atoms with Crippen LogP contribution in [0.2, 0.25) is 0 Å². The molecule has 0 aromatic carbocycles. The molecule has 20 heavy (non-hydrogen) atoms. The van der Waals surface area contributed by atoms with E-state index in [0.717, 1.165) is 30.8 Å². The quantitative estimate of drug-likeness (QED) is 0.881. The van der Waals surface area contributed by atoms with E-state index >= 15 is 0 Å². The van der Waals surface area contributed by atoms with E-state index < -0.39 is 0 Å². The molecular formula is C15H24N4O. The Balaban J connectivity index is 1.75. The molecule has 2 heterocycles. The van der Waals surface area contributed by atoms with Gasteiger partial charge in [0.15, 0.2) is 0 Å². The molecule has 0 amide bonds. The van der Waals surface area contributed by atoms with Crippen molar-refractivity contribution < 1.29 is 4.42 Å². The Labute approximate surface area is 120 Å². The second kappa shape index (κ2) is 6.22. The van der Waals surface area contributed by atoms with Gasteiger partial charge in [-0.2, -0.15) is 0 Å².